The van der Waals surface area contributed by atoms with E-state index in [-0.39, 0.29) is 18.2 Å². The van der Waals surface area contributed by atoms with Crippen LogP contribution in [-0.4, -0.2) is 36.5 Å². The quantitative estimate of drug-likeness (QED) is 0.201. The standard InChI is InChI=1S/C21H36O4/c1-3-4-5-6-7-8-9-10-11-13-18(22)16-17-20-19(25-20)14-12-15-21(23)24-2/h10-11,16-20,22H,3-9,12-15H2,1-2H3/b11-10-,17-16+. The molecule has 1 saturated heterocycles. The molecule has 0 bridgehead atoms. The van der Waals surface area contributed by atoms with Crippen LogP contribution in [0.4, 0.5) is 0 Å². The van der Waals surface area contributed by atoms with Gasteiger partial charge in [-0.1, -0.05) is 63.3 Å². The number of aliphatic hydroxyl groups is 1. The first-order valence-corrected chi connectivity index (χ1v) is 9.91. The molecule has 1 N–H and O–H groups in total. The summed E-state index contributed by atoms with van der Waals surface area (Å²) >= 11 is 0. The van der Waals surface area contributed by atoms with E-state index >= 15 is 0 Å². The van der Waals surface area contributed by atoms with Gasteiger partial charge in [0.1, 0.15) is 6.10 Å². The van der Waals surface area contributed by atoms with Crippen molar-refractivity contribution in [2.24, 2.45) is 0 Å². The number of allylic oxidation sites excluding steroid dienone is 1. The van der Waals surface area contributed by atoms with E-state index in [0.29, 0.717) is 12.8 Å². The number of ether oxygens (including phenoxy) is 2. The zero-order valence-electron chi connectivity index (χ0n) is 16.0. The molecule has 1 aliphatic rings. The summed E-state index contributed by atoms with van der Waals surface area (Å²) in [7, 11) is 1.41. The molecule has 1 rings (SSSR count). The van der Waals surface area contributed by atoms with Crippen LogP contribution in [-0.2, 0) is 14.3 Å². The second-order valence-corrected chi connectivity index (χ2v) is 6.82. The van der Waals surface area contributed by atoms with Crippen molar-refractivity contribution in [3.63, 3.8) is 0 Å². The molecule has 0 aliphatic carbocycles. The Kier molecular flexibility index (Phi) is 12.3. The van der Waals surface area contributed by atoms with E-state index in [4.69, 9.17) is 4.74 Å². The van der Waals surface area contributed by atoms with E-state index in [9.17, 15) is 9.90 Å². The van der Waals surface area contributed by atoms with E-state index in [1.807, 2.05) is 12.2 Å². The zero-order chi connectivity index (χ0) is 18.3. The van der Waals surface area contributed by atoms with Gasteiger partial charge in [0.05, 0.1) is 19.3 Å². The van der Waals surface area contributed by atoms with Gasteiger partial charge in [-0.3, -0.25) is 4.79 Å². The Morgan fingerprint density at radius 3 is 2.68 bits per heavy atom. The fraction of sp³-hybridized carbons (Fsp3) is 0.762. The third kappa shape index (κ3) is 12.0. The molecule has 3 atom stereocenters. The smallest absolute Gasteiger partial charge is 0.305 e. The van der Waals surface area contributed by atoms with Gasteiger partial charge in [-0.05, 0) is 32.1 Å². The van der Waals surface area contributed by atoms with Gasteiger partial charge in [-0.2, -0.15) is 0 Å². The molecule has 0 aromatic heterocycles. The second kappa shape index (κ2) is 14.1. The molecule has 4 heteroatoms. The fourth-order valence-corrected chi connectivity index (χ4v) is 2.82. The number of rotatable bonds is 15. The summed E-state index contributed by atoms with van der Waals surface area (Å²) in [6, 6.07) is 0. The molecule has 0 radical (unpaired) electrons. The lowest BCUT2D eigenvalue weighted by atomic mass is 10.1. The van der Waals surface area contributed by atoms with E-state index in [0.717, 1.165) is 19.3 Å². The molecule has 0 aromatic rings. The van der Waals surface area contributed by atoms with Crippen LogP contribution in [0, 0.1) is 0 Å². The number of unbranched alkanes of at least 4 members (excludes halogenated alkanes) is 6. The van der Waals surface area contributed by atoms with Crippen molar-refractivity contribution in [1.82, 2.24) is 0 Å². The first kappa shape index (κ1) is 21.9. The molecule has 0 amide bonds. The first-order valence-electron chi connectivity index (χ1n) is 9.91. The highest BCUT2D eigenvalue weighted by Gasteiger charge is 2.35. The maximum absolute atomic E-state index is 11.0. The molecule has 1 fully saturated rings. The second-order valence-electron chi connectivity index (χ2n) is 6.82. The average molecular weight is 353 g/mol. The van der Waals surface area contributed by atoms with Crippen molar-refractivity contribution in [1.29, 1.82) is 0 Å². The predicted octanol–water partition coefficient (Wildman–Crippen LogP) is 4.71. The molecule has 0 aromatic carbocycles. The largest absolute Gasteiger partial charge is 0.469 e. The lowest BCUT2D eigenvalue weighted by molar-refractivity contribution is -0.140. The van der Waals surface area contributed by atoms with E-state index in [1.165, 1.54) is 45.6 Å². The lowest BCUT2D eigenvalue weighted by Gasteiger charge is -2.00. The van der Waals surface area contributed by atoms with Gasteiger partial charge in [-0.25, -0.2) is 0 Å². The molecule has 1 aliphatic heterocycles. The molecular formula is C21H36O4. The maximum Gasteiger partial charge on any atom is 0.305 e. The first-order chi connectivity index (χ1) is 12.2. The van der Waals surface area contributed by atoms with Crippen molar-refractivity contribution >= 4 is 5.97 Å². The summed E-state index contributed by atoms with van der Waals surface area (Å²) in [6.07, 6.45) is 19.6. The number of methoxy groups -OCH3 is 1. The van der Waals surface area contributed by atoms with Crippen molar-refractivity contribution in [2.75, 3.05) is 7.11 Å². The Morgan fingerprint density at radius 2 is 1.92 bits per heavy atom. The van der Waals surface area contributed by atoms with E-state index in [1.54, 1.807) is 0 Å². The van der Waals surface area contributed by atoms with Crippen molar-refractivity contribution in [3.8, 4) is 0 Å². The molecule has 3 unspecified atom stereocenters. The number of aliphatic hydroxyl groups excluding tert-OH is 1. The zero-order valence-corrected chi connectivity index (χ0v) is 16.0. The van der Waals surface area contributed by atoms with Crippen LogP contribution in [0.2, 0.25) is 0 Å². The monoisotopic (exact) mass is 352 g/mol. The minimum atomic E-state index is -0.444. The van der Waals surface area contributed by atoms with E-state index < -0.39 is 6.10 Å². The number of hydrogen-bond acceptors (Lipinski definition) is 4. The Bertz CT molecular complexity index is 403. The van der Waals surface area contributed by atoms with Gasteiger partial charge in [0.2, 0.25) is 0 Å². The van der Waals surface area contributed by atoms with Gasteiger partial charge < -0.3 is 14.6 Å². The third-order valence-corrected chi connectivity index (χ3v) is 4.51. The highest BCUT2D eigenvalue weighted by Crippen LogP contribution is 2.28. The Balaban J connectivity index is 1.98. The summed E-state index contributed by atoms with van der Waals surface area (Å²) in [4.78, 5) is 11.0. The number of carbonyl (C=O) groups excluding carboxylic acids is 1. The number of hydrogen-bond donors (Lipinski definition) is 1. The van der Waals surface area contributed by atoms with Crippen LogP contribution in [0.3, 0.4) is 0 Å². The molecule has 25 heavy (non-hydrogen) atoms. The fourth-order valence-electron chi connectivity index (χ4n) is 2.82. The number of epoxide rings is 1. The molecule has 144 valence electrons. The van der Waals surface area contributed by atoms with Crippen molar-refractivity contribution in [3.05, 3.63) is 24.3 Å². The summed E-state index contributed by atoms with van der Waals surface area (Å²) in [5.41, 5.74) is 0. The highest BCUT2D eigenvalue weighted by molar-refractivity contribution is 5.68. The Hall–Kier alpha value is -1.13. The molecule has 0 saturated carbocycles. The van der Waals surface area contributed by atoms with Gasteiger partial charge in [-0.15, -0.1) is 0 Å². The predicted molar refractivity (Wildman–Crippen MR) is 101 cm³/mol. The SMILES string of the molecule is CCCCCCCC/C=C\CC(O)/C=C/C1OC1CCCC(=O)OC. The normalized spacial score (nSPS) is 21.1. The van der Waals surface area contributed by atoms with Crippen molar-refractivity contribution in [2.45, 2.75) is 95.9 Å². The van der Waals surface area contributed by atoms with Crippen molar-refractivity contribution < 1.29 is 19.4 Å². The molecular weight excluding hydrogens is 316 g/mol. The third-order valence-electron chi connectivity index (χ3n) is 4.51. The average Bonchev–Trinajstić information content (AvgIpc) is 3.36. The van der Waals surface area contributed by atoms with Crippen LogP contribution in [0.25, 0.3) is 0 Å². The lowest BCUT2D eigenvalue weighted by Crippen LogP contribution is -2.02. The summed E-state index contributed by atoms with van der Waals surface area (Å²) in [6.45, 7) is 2.24. The Labute approximate surface area is 153 Å². The van der Waals surface area contributed by atoms with Gasteiger partial charge in [0, 0.05) is 6.42 Å². The maximum atomic E-state index is 11.0. The minimum Gasteiger partial charge on any atom is -0.469 e. The van der Waals surface area contributed by atoms with Crippen LogP contribution < -0.4 is 0 Å². The van der Waals surface area contributed by atoms with Crippen LogP contribution in [0.5, 0.6) is 0 Å². The molecule has 0 spiro atoms. The summed E-state index contributed by atoms with van der Waals surface area (Å²) in [5.74, 6) is -0.170. The van der Waals surface area contributed by atoms with Crippen LogP contribution in [0.15, 0.2) is 24.3 Å². The van der Waals surface area contributed by atoms with E-state index in [2.05, 4.69) is 23.8 Å². The topological polar surface area (TPSA) is 59.1 Å². The summed E-state index contributed by atoms with van der Waals surface area (Å²) in [5, 5.41) is 9.94. The minimum absolute atomic E-state index is 0.0967. The van der Waals surface area contributed by atoms with Crippen LogP contribution >= 0.6 is 0 Å². The van der Waals surface area contributed by atoms with Gasteiger partial charge in [0.25, 0.3) is 0 Å². The van der Waals surface area contributed by atoms with Gasteiger partial charge in [0.15, 0.2) is 0 Å². The summed E-state index contributed by atoms with van der Waals surface area (Å²) < 4.78 is 10.1. The van der Waals surface area contributed by atoms with Crippen LogP contribution in [0.1, 0.15) is 77.6 Å². The number of carbonyl (C=O) groups is 1. The Morgan fingerprint density at radius 1 is 1.16 bits per heavy atom. The van der Waals surface area contributed by atoms with Gasteiger partial charge >= 0.3 is 5.97 Å². The number of esters is 1. The molecule has 4 nitrogen and oxygen atoms in total. The highest BCUT2D eigenvalue weighted by atomic mass is 16.6. The molecule has 1 heterocycles.